The van der Waals surface area contributed by atoms with Crippen molar-refractivity contribution in [2.45, 2.75) is 24.7 Å². The van der Waals surface area contributed by atoms with Crippen LogP contribution in [0.4, 0.5) is 5.13 Å². The number of hydrogen-bond donors (Lipinski definition) is 1. The maximum Gasteiger partial charge on any atom is 0.272 e. The van der Waals surface area contributed by atoms with Crippen molar-refractivity contribution in [2.75, 3.05) is 11.9 Å². The molecule has 13 heteroatoms. The van der Waals surface area contributed by atoms with E-state index in [4.69, 9.17) is 4.52 Å². The van der Waals surface area contributed by atoms with E-state index in [1.807, 2.05) is 36.6 Å². The van der Waals surface area contributed by atoms with E-state index in [9.17, 15) is 13.2 Å². The molecule has 1 aromatic carbocycles. The van der Waals surface area contributed by atoms with Gasteiger partial charge in [0, 0.05) is 12.1 Å². The molecule has 32 heavy (non-hydrogen) atoms. The lowest BCUT2D eigenvalue weighted by atomic mass is 10.1. The number of amides is 1. The largest absolute Gasteiger partial charge is 0.337 e. The predicted octanol–water partition coefficient (Wildman–Crippen LogP) is 3.42. The van der Waals surface area contributed by atoms with E-state index in [1.165, 1.54) is 11.3 Å². The zero-order valence-corrected chi connectivity index (χ0v) is 19.5. The highest BCUT2D eigenvalue weighted by Gasteiger charge is 2.30. The van der Waals surface area contributed by atoms with Crippen molar-refractivity contribution in [2.24, 2.45) is 0 Å². The molecule has 166 valence electrons. The lowest BCUT2D eigenvalue weighted by Crippen LogP contribution is -2.30. The van der Waals surface area contributed by atoms with Crippen LogP contribution in [0.15, 0.2) is 50.6 Å². The number of aromatic nitrogens is 4. The van der Waals surface area contributed by atoms with Crippen LogP contribution in [-0.2, 0) is 16.6 Å². The van der Waals surface area contributed by atoms with Gasteiger partial charge in [-0.1, -0.05) is 47.7 Å². The highest BCUT2D eigenvalue weighted by atomic mass is 32.2. The third-order valence-corrected chi connectivity index (χ3v) is 8.42. The van der Waals surface area contributed by atoms with Crippen LogP contribution in [0.2, 0.25) is 0 Å². The van der Waals surface area contributed by atoms with Crippen LogP contribution in [0, 0.1) is 6.92 Å². The first-order valence-corrected chi connectivity index (χ1v) is 12.6. The minimum atomic E-state index is -3.98. The summed E-state index contributed by atoms with van der Waals surface area (Å²) in [5.74, 6) is 0.180. The first-order chi connectivity index (χ1) is 15.4. The predicted molar refractivity (Wildman–Crippen MR) is 120 cm³/mol. The SMILES string of the molecule is CCN(Cc1nc(-c2cccs2)no1)S(=O)(=O)c1nnc(NC(=O)c2ccccc2C)s1. The Balaban J connectivity index is 1.49. The van der Waals surface area contributed by atoms with E-state index in [2.05, 4.69) is 25.7 Å². The fourth-order valence-corrected chi connectivity index (χ4v) is 5.89. The smallest absolute Gasteiger partial charge is 0.272 e. The van der Waals surface area contributed by atoms with Gasteiger partial charge in [-0.3, -0.25) is 10.1 Å². The van der Waals surface area contributed by atoms with E-state index < -0.39 is 10.0 Å². The molecule has 4 rings (SSSR count). The average molecular weight is 491 g/mol. The van der Waals surface area contributed by atoms with Crippen LogP contribution in [0.1, 0.15) is 28.7 Å². The molecule has 0 saturated carbocycles. The summed E-state index contributed by atoms with van der Waals surface area (Å²) in [6.45, 7) is 3.55. The van der Waals surface area contributed by atoms with Crippen molar-refractivity contribution < 1.29 is 17.7 Å². The molecule has 1 amide bonds. The van der Waals surface area contributed by atoms with Crippen molar-refractivity contribution >= 4 is 43.7 Å². The number of carbonyl (C=O) groups excluding carboxylic acids is 1. The van der Waals surface area contributed by atoms with Gasteiger partial charge < -0.3 is 4.52 Å². The molecule has 10 nitrogen and oxygen atoms in total. The average Bonchev–Trinajstić information content (AvgIpc) is 3.53. The quantitative estimate of drug-likeness (QED) is 0.372. The van der Waals surface area contributed by atoms with Crippen LogP contribution in [-0.4, -0.2) is 45.5 Å². The summed E-state index contributed by atoms with van der Waals surface area (Å²) in [5.41, 5.74) is 1.27. The van der Waals surface area contributed by atoms with Crippen LogP contribution in [0.3, 0.4) is 0 Å². The number of carbonyl (C=O) groups is 1. The fraction of sp³-hybridized carbons (Fsp3) is 0.211. The normalized spacial score (nSPS) is 11.7. The molecule has 0 aliphatic heterocycles. The second-order valence-electron chi connectivity index (χ2n) is 6.56. The molecule has 0 fully saturated rings. The summed E-state index contributed by atoms with van der Waals surface area (Å²) in [4.78, 5) is 17.6. The molecule has 0 aliphatic rings. The molecule has 0 atom stereocenters. The maximum absolute atomic E-state index is 13.1. The van der Waals surface area contributed by atoms with E-state index in [0.29, 0.717) is 11.4 Å². The first kappa shape index (κ1) is 22.2. The molecule has 3 aromatic heterocycles. The Morgan fingerprint density at radius 3 is 2.72 bits per heavy atom. The van der Waals surface area contributed by atoms with E-state index >= 15 is 0 Å². The Kier molecular flexibility index (Phi) is 6.41. The third kappa shape index (κ3) is 4.60. The van der Waals surface area contributed by atoms with Gasteiger partial charge in [0.1, 0.15) is 0 Å². The number of anilines is 1. The number of hydrogen-bond acceptors (Lipinski definition) is 10. The highest BCUT2D eigenvalue weighted by molar-refractivity contribution is 7.91. The monoisotopic (exact) mass is 490 g/mol. The van der Waals surface area contributed by atoms with Gasteiger partial charge in [-0.25, -0.2) is 8.42 Å². The number of rotatable bonds is 8. The number of thiophene rings is 1. The van der Waals surface area contributed by atoms with Crippen LogP contribution < -0.4 is 5.32 Å². The Morgan fingerprint density at radius 1 is 1.19 bits per heavy atom. The number of nitrogens with one attached hydrogen (secondary N) is 1. The van der Waals surface area contributed by atoms with Crippen LogP contribution >= 0.6 is 22.7 Å². The molecular weight excluding hydrogens is 472 g/mol. The summed E-state index contributed by atoms with van der Waals surface area (Å²) in [5, 5.41) is 16.1. The van der Waals surface area contributed by atoms with Crippen LogP contribution in [0.25, 0.3) is 10.7 Å². The third-order valence-electron chi connectivity index (χ3n) is 4.45. The van der Waals surface area contributed by atoms with Gasteiger partial charge in [0.25, 0.3) is 15.9 Å². The zero-order valence-electron chi connectivity index (χ0n) is 17.0. The number of sulfonamides is 1. The summed E-state index contributed by atoms with van der Waals surface area (Å²) in [7, 11) is -3.98. The molecule has 1 N–H and O–H groups in total. The second kappa shape index (κ2) is 9.24. The minimum absolute atomic E-state index is 0.0886. The molecule has 0 radical (unpaired) electrons. The standard InChI is InChI=1S/C19H18N6O4S3/c1-3-25(11-15-20-16(24-29-15)14-9-6-10-30-14)32(27,28)19-23-22-18(31-19)21-17(26)13-8-5-4-7-12(13)2/h4-10H,3,11H2,1-2H3,(H,21,22,26). The molecular formula is C19H18N6O4S3. The Morgan fingerprint density at radius 2 is 2.00 bits per heavy atom. The van der Waals surface area contributed by atoms with Gasteiger partial charge in [-0.2, -0.15) is 9.29 Å². The number of nitrogens with zero attached hydrogens (tertiary/aromatic N) is 5. The van der Waals surface area contributed by atoms with Gasteiger partial charge in [0.05, 0.1) is 11.4 Å². The molecule has 0 saturated heterocycles. The summed E-state index contributed by atoms with van der Waals surface area (Å²) in [6, 6.07) is 10.8. The topological polar surface area (TPSA) is 131 Å². The van der Waals surface area contributed by atoms with Gasteiger partial charge in [-0.05, 0) is 30.0 Å². The second-order valence-corrected chi connectivity index (χ2v) is 10.6. The number of aryl methyl sites for hydroxylation is 1. The lowest BCUT2D eigenvalue weighted by Gasteiger charge is -2.15. The van der Waals surface area contributed by atoms with Crippen molar-refractivity contribution in [1.82, 2.24) is 24.6 Å². The van der Waals surface area contributed by atoms with E-state index in [-0.39, 0.29) is 34.4 Å². The summed E-state index contributed by atoms with van der Waals surface area (Å²) < 4.78 is 32.3. The molecule has 3 heterocycles. The van der Waals surface area contributed by atoms with Gasteiger partial charge in [0.2, 0.25) is 21.2 Å². The number of benzene rings is 1. The molecule has 0 aliphatic carbocycles. The van der Waals surface area contributed by atoms with Gasteiger partial charge in [0.15, 0.2) is 0 Å². The fourth-order valence-electron chi connectivity index (χ4n) is 2.81. The highest BCUT2D eigenvalue weighted by Crippen LogP contribution is 2.26. The van der Waals surface area contributed by atoms with Crippen LogP contribution in [0.5, 0.6) is 0 Å². The Bertz CT molecular complexity index is 1330. The van der Waals surface area contributed by atoms with Gasteiger partial charge in [-0.15, -0.1) is 21.5 Å². The first-order valence-electron chi connectivity index (χ1n) is 9.45. The zero-order chi connectivity index (χ0) is 22.7. The summed E-state index contributed by atoms with van der Waals surface area (Å²) >= 11 is 2.23. The minimum Gasteiger partial charge on any atom is -0.337 e. The van der Waals surface area contributed by atoms with E-state index in [1.54, 1.807) is 19.1 Å². The van der Waals surface area contributed by atoms with Crippen molar-refractivity contribution in [3.63, 3.8) is 0 Å². The van der Waals surface area contributed by atoms with Crippen molar-refractivity contribution in [3.05, 3.63) is 58.8 Å². The molecule has 0 bridgehead atoms. The van der Waals surface area contributed by atoms with Gasteiger partial charge >= 0.3 is 0 Å². The summed E-state index contributed by atoms with van der Waals surface area (Å²) in [6.07, 6.45) is 0. The van der Waals surface area contributed by atoms with Crippen molar-refractivity contribution in [3.8, 4) is 10.7 Å². The Labute approximate surface area is 192 Å². The maximum atomic E-state index is 13.1. The van der Waals surface area contributed by atoms with Crippen molar-refractivity contribution in [1.29, 1.82) is 0 Å². The Hall–Kier alpha value is -3.00. The molecule has 0 unspecified atom stereocenters. The van der Waals surface area contributed by atoms with E-state index in [0.717, 1.165) is 26.1 Å². The molecule has 4 aromatic rings. The lowest BCUT2D eigenvalue weighted by molar-refractivity contribution is 0.102. The molecule has 0 spiro atoms.